The predicted octanol–water partition coefficient (Wildman–Crippen LogP) is 3.17. The van der Waals surface area contributed by atoms with Crippen LogP contribution in [0.4, 0.5) is 5.69 Å². The maximum Gasteiger partial charge on any atom is 0.269 e. The highest BCUT2D eigenvalue weighted by molar-refractivity contribution is 5.80. The first kappa shape index (κ1) is 17.7. The average molecular weight is 354 g/mol. The third kappa shape index (κ3) is 4.30. The van der Waals surface area contributed by atoms with E-state index in [1.165, 1.54) is 6.07 Å². The Morgan fingerprint density at radius 3 is 2.96 bits per heavy atom. The van der Waals surface area contributed by atoms with Crippen LogP contribution < -0.4 is 15.4 Å². The maximum absolute atomic E-state index is 10.9. The molecule has 7 nitrogen and oxygen atoms in total. The van der Waals surface area contributed by atoms with Crippen molar-refractivity contribution in [1.29, 1.82) is 0 Å². The summed E-state index contributed by atoms with van der Waals surface area (Å²) in [5.41, 5.74) is 1.98. The molecule has 2 aromatic rings. The summed E-state index contributed by atoms with van der Waals surface area (Å²) in [4.78, 5) is 15.1. The Kier molecular flexibility index (Phi) is 5.68. The van der Waals surface area contributed by atoms with Crippen LogP contribution in [-0.2, 0) is 6.54 Å². The van der Waals surface area contributed by atoms with Gasteiger partial charge in [0.05, 0.1) is 24.1 Å². The van der Waals surface area contributed by atoms with E-state index in [1.807, 2.05) is 31.2 Å². The Morgan fingerprint density at radius 2 is 2.15 bits per heavy atom. The monoisotopic (exact) mass is 354 g/mol. The van der Waals surface area contributed by atoms with E-state index in [2.05, 4.69) is 21.7 Å². The molecular formula is C19H22N4O3. The number of nitro groups is 1. The van der Waals surface area contributed by atoms with Crippen molar-refractivity contribution in [2.45, 2.75) is 25.9 Å². The summed E-state index contributed by atoms with van der Waals surface area (Å²) in [6, 6.07) is 14.6. The molecule has 136 valence electrons. The minimum atomic E-state index is -0.393. The molecule has 0 aromatic heterocycles. The van der Waals surface area contributed by atoms with Crippen molar-refractivity contribution in [3.63, 3.8) is 0 Å². The number of benzene rings is 2. The van der Waals surface area contributed by atoms with Crippen LogP contribution in [0.15, 0.2) is 53.5 Å². The first-order valence-electron chi connectivity index (χ1n) is 8.67. The van der Waals surface area contributed by atoms with Gasteiger partial charge in [-0.05, 0) is 18.6 Å². The van der Waals surface area contributed by atoms with Crippen LogP contribution in [-0.4, -0.2) is 24.0 Å². The van der Waals surface area contributed by atoms with Crippen LogP contribution in [0.3, 0.4) is 0 Å². The van der Waals surface area contributed by atoms with Crippen molar-refractivity contribution >= 4 is 11.6 Å². The molecule has 26 heavy (non-hydrogen) atoms. The number of nitrogens with zero attached hydrogens (tertiary/aromatic N) is 2. The summed E-state index contributed by atoms with van der Waals surface area (Å²) in [5, 5.41) is 17.6. The van der Waals surface area contributed by atoms with E-state index in [1.54, 1.807) is 12.1 Å². The number of non-ortho nitro benzene ring substituents is 1. The zero-order chi connectivity index (χ0) is 18.4. The third-order valence-electron chi connectivity index (χ3n) is 4.15. The molecule has 0 aliphatic carbocycles. The number of aliphatic imine (C=N–C) groups is 1. The van der Waals surface area contributed by atoms with Gasteiger partial charge in [0.15, 0.2) is 5.96 Å². The molecule has 0 bridgehead atoms. The van der Waals surface area contributed by atoms with Gasteiger partial charge in [0.1, 0.15) is 5.75 Å². The predicted molar refractivity (Wildman–Crippen MR) is 100 cm³/mol. The van der Waals surface area contributed by atoms with Crippen LogP contribution in [0.2, 0.25) is 0 Å². The number of ether oxygens (including phenoxy) is 1. The molecule has 0 saturated heterocycles. The molecule has 7 heteroatoms. The second-order valence-corrected chi connectivity index (χ2v) is 5.99. The lowest BCUT2D eigenvalue weighted by Crippen LogP contribution is -2.41. The Labute approximate surface area is 152 Å². The van der Waals surface area contributed by atoms with Crippen LogP contribution in [0.5, 0.6) is 5.75 Å². The number of hydrogen-bond acceptors (Lipinski definition) is 4. The fraction of sp³-hybridized carbons (Fsp3) is 0.316. The van der Waals surface area contributed by atoms with Gasteiger partial charge in [-0.15, -0.1) is 0 Å². The van der Waals surface area contributed by atoms with E-state index in [9.17, 15) is 10.1 Å². The molecule has 1 unspecified atom stereocenters. The highest BCUT2D eigenvalue weighted by Gasteiger charge is 2.21. The van der Waals surface area contributed by atoms with Gasteiger partial charge < -0.3 is 15.4 Å². The molecule has 1 heterocycles. The van der Waals surface area contributed by atoms with Crippen molar-refractivity contribution in [1.82, 2.24) is 10.6 Å². The normalized spacial score (nSPS) is 16.3. The summed E-state index contributed by atoms with van der Waals surface area (Å²) >= 11 is 0. The average Bonchev–Trinajstić information content (AvgIpc) is 2.67. The Morgan fingerprint density at radius 1 is 1.31 bits per heavy atom. The van der Waals surface area contributed by atoms with E-state index >= 15 is 0 Å². The minimum absolute atomic E-state index is 0.0778. The number of hydrogen-bond donors (Lipinski definition) is 2. The van der Waals surface area contributed by atoms with Crippen LogP contribution >= 0.6 is 0 Å². The van der Waals surface area contributed by atoms with Gasteiger partial charge in [-0.25, -0.2) is 4.99 Å². The highest BCUT2D eigenvalue weighted by Crippen LogP contribution is 2.31. The number of nitrogens with one attached hydrogen (secondary N) is 2. The zero-order valence-corrected chi connectivity index (χ0v) is 14.6. The molecule has 3 rings (SSSR count). The fourth-order valence-electron chi connectivity index (χ4n) is 2.92. The maximum atomic E-state index is 10.9. The van der Waals surface area contributed by atoms with Crippen molar-refractivity contribution < 1.29 is 9.66 Å². The Hall–Kier alpha value is -3.09. The number of guanidine groups is 1. The van der Waals surface area contributed by atoms with Gasteiger partial charge in [-0.3, -0.25) is 10.1 Å². The van der Waals surface area contributed by atoms with Crippen molar-refractivity contribution in [3.05, 3.63) is 69.8 Å². The molecule has 1 aliphatic heterocycles. The molecule has 2 N–H and O–H groups in total. The fourth-order valence-corrected chi connectivity index (χ4v) is 2.92. The summed E-state index contributed by atoms with van der Waals surface area (Å²) in [7, 11) is 0. The van der Waals surface area contributed by atoms with Crippen molar-refractivity contribution in [2.24, 2.45) is 4.99 Å². The number of nitro benzene ring substituents is 1. The standard InChI is InChI=1S/C19H22N4O3/c1-2-20-19(21-13-14-6-5-7-15(12-14)23(24)25)22-17-10-11-26-18-9-4-3-8-16(17)18/h3-9,12,17H,2,10-11,13H2,1H3,(H2,20,21,22). The van der Waals surface area contributed by atoms with Crippen LogP contribution in [0.1, 0.15) is 30.5 Å². The molecule has 1 atom stereocenters. The van der Waals surface area contributed by atoms with Gasteiger partial charge in [0.2, 0.25) is 0 Å². The first-order chi connectivity index (χ1) is 12.7. The summed E-state index contributed by atoms with van der Waals surface area (Å²) in [6.45, 7) is 3.75. The molecule has 0 amide bonds. The number of rotatable bonds is 5. The first-order valence-corrected chi connectivity index (χ1v) is 8.67. The largest absolute Gasteiger partial charge is 0.493 e. The van der Waals surface area contributed by atoms with Gasteiger partial charge in [0.25, 0.3) is 5.69 Å². The van der Waals surface area contributed by atoms with Gasteiger partial charge in [-0.1, -0.05) is 30.3 Å². The summed E-state index contributed by atoms with van der Waals surface area (Å²) in [6.07, 6.45) is 0.845. The zero-order valence-electron chi connectivity index (χ0n) is 14.6. The van der Waals surface area contributed by atoms with E-state index in [0.29, 0.717) is 19.1 Å². The minimum Gasteiger partial charge on any atom is -0.493 e. The second kappa shape index (κ2) is 8.33. The van der Waals surface area contributed by atoms with Gasteiger partial charge in [-0.2, -0.15) is 0 Å². The SMILES string of the molecule is CCNC(=NCc1cccc([N+](=O)[O-])c1)NC1CCOc2ccccc21. The van der Waals surface area contributed by atoms with Gasteiger partial charge >= 0.3 is 0 Å². The Balaban J connectivity index is 1.74. The number of para-hydroxylation sites is 1. The lowest BCUT2D eigenvalue weighted by atomic mass is 10.0. The molecule has 0 spiro atoms. The number of fused-ring (bicyclic) bond motifs is 1. The third-order valence-corrected chi connectivity index (χ3v) is 4.15. The lowest BCUT2D eigenvalue weighted by molar-refractivity contribution is -0.384. The topological polar surface area (TPSA) is 88.8 Å². The van der Waals surface area contributed by atoms with E-state index in [-0.39, 0.29) is 11.7 Å². The highest BCUT2D eigenvalue weighted by atomic mass is 16.6. The van der Waals surface area contributed by atoms with E-state index in [4.69, 9.17) is 4.74 Å². The van der Waals surface area contributed by atoms with Gasteiger partial charge in [0, 0.05) is 30.7 Å². The van der Waals surface area contributed by atoms with Crippen molar-refractivity contribution in [3.8, 4) is 5.75 Å². The smallest absolute Gasteiger partial charge is 0.269 e. The summed E-state index contributed by atoms with van der Waals surface area (Å²) in [5.74, 6) is 1.58. The quantitative estimate of drug-likeness (QED) is 0.373. The molecule has 0 radical (unpaired) electrons. The lowest BCUT2D eigenvalue weighted by Gasteiger charge is -2.28. The van der Waals surface area contributed by atoms with E-state index in [0.717, 1.165) is 29.8 Å². The molecule has 1 aliphatic rings. The Bertz CT molecular complexity index is 807. The molecule has 2 aromatic carbocycles. The second-order valence-electron chi connectivity index (χ2n) is 5.99. The van der Waals surface area contributed by atoms with Crippen LogP contribution in [0.25, 0.3) is 0 Å². The molecular weight excluding hydrogens is 332 g/mol. The van der Waals surface area contributed by atoms with E-state index < -0.39 is 4.92 Å². The van der Waals surface area contributed by atoms with Crippen molar-refractivity contribution in [2.75, 3.05) is 13.2 Å². The summed E-state index contributed by atoms with van der Waals surface area (Å²) < 4.78 is 5.70. The molecule has 0 saturated carbocycles. The molecule has 0 fully saturated rings. The van der Waals surface area contributed by atoms with Crippen LogP contribution in [0, 0.1) is 10.1 Å².